The van der Waals surface area contributed by atoms with Crippen LogP contribution in [-0.4, -0.2) is 36.1 Å². The van der Waals surface area contributed by atoms with Gasteiger partial charge in [-0.3, -0.25) is 10.1 Å². The Balaban J connectivity index is 0.00000242. The Kier molecular flexibility index (Phi) is 7.62. The molecule has 0 unspecified atom stereocenters. The van der Waals surface area contributed by atoms with Gasteiger partial charge in [-0.15, -0.1) is 12.4 Å². The average Bonchev–Trinajstić information content (AvgIpc) is 2.45. The molecule has 1 aromatic rings. The maximum Gasteiger partial charge on any atom is 0.310 e. The zero-order chi connectivity index (χ0) is 15.2. The third kappa shape index (κ3) is 5.46. The molecule has 0 radical (unpaired) electrons. The van der Waals surface area contributed by atoms with Crippen molar-refractivity contribution in [3.8, 4) is 5.75 Å². The van der Waals surface area contributed by atoms with Gasteiger partial charge in [0.1, 0.15) is 0 Å². The van der Waals surface area contributed by atoms with Crippen molar-refractivity contribution in [1.29, 1.82) is 0 Å². The topological polar surface area (TPSA) is 55.6 Å². The van der Waals surface area contributed by atoms with E-state index in [0.29, 0.717) is 12.4 Å². The molecule has 0 amide bonds. The van der Waals surface area contributed by atoms with Gasteiger partial charge >= 0.3 is 5.69 Å². The van der Waals surface area contributed by atoms with E-state index < -0.39 is 0 Å². The molecule has 124 valence electrons. The Labute approximate surface area is 138 Å². The lowest BCUT2D eigenvalue weighted by molar-refractivity contribution is -0.385. The lowest BCUT2D eigenvalue weighted by atomic mass is 9.99. The van der Waals surface area contributed by atoms with Gasteiger partial charge in [-0.1, -0.05) is 13.0 Å². The predicted molar refractivity (Wildman–Crippen MR) is 90.0 cm³/mol. The van der Waals surface area contributed by atoms with E-state index in [4.69, 9.17) is 4.74 Å². The number of nitro benzene ring substituents is 1. The number of hydrogen-bond donors (Lipinski definition) is 0. The van der Waals surface area contributed by atoms with Crippen LogP contribution >= 0.6 is 12.4 Å². The Morgan fingerprint density at radius 3 is 2.68 bits per heavy atom. The molecular weight excluding hydrogens is 304 g/mol. The van der Waals surface area contributed by atoms with Crippen LogP contribution in [0, 0.1) is 23.0 Å². The van der Waals surface area contributed by atoms with Gasteiger partial charge in [0.25, 0.3) is 0 Å². The molecule has 6 heteroatoms. The molecule has 0 saturated carbocycles. The van der Waals surface area contributed by atoms with E-state index in [9.17, 15) is 10.1 Å². The van der Waals surface area contributed by atoms with Crippen LogP contribution in [0.4, 0.5) is 5.69 Å². The highest BCUT2D eigenvalue weighted by molar-refractivity contribution is 5.85. The van der Waals surface area contributed by atoms with Crippen molar-refractivity contribution in [1.82, 2.24) is 4.90 Å². The number of nitrogens with zero attached hydrogens (tertiary/aromatic N) is 2. The first kappa shape index (κ1) is 18.7. The van der Waals surface area contributed by atoms with Gasteiger partial charge in [0.05, 0.1) is 11.5 Å². The van der Waals surface area contributed by atoms with Crippen LogP contribution in [0.25, 0.3) is 0 Å². The maximum atomic E-state index is 11.0. The van der Waals surface area contributed by atoms with Crippen molar-refractivity contribution < 1.29 is 9.66 Å². The highest BCUT2D eigenvalue weighted by atomic mass is 35.5. The van der Waals surface area contributed by atoms with Gasteiger partial charge < -0.3 is 9.64 Å². The van der Waals surface area contributed by atoms with Crippen molar-refractivity contribution in [2.24, 2.45) is 5.92 Å². The summed E-state index contributed by atoms with van der Waals surface area (Å²) in [5.74, 6) is 1.22. The minimum Gasteiger partial charge on any atom is -0.487 e. The first-order valence-electron chi connectivity index (χ1n) is 7.66. The third-order valence-corrected chi connectivity index (χ3v) is 4.06. The molecule has 0 bridgehead atoms. The second-order valence-corrected chi connectivity index (χ2v) is 5.95. The van der Waals surface area contributed by atoms with Crippen LogP contribution in [0.2, 0.25) is 0 Å². The number of nitro groups is 1. The summed E-state index contributed by atoms with van der Waals surface area (Å²) in [4.78, 5) is 13.0. The van der Waals surface area contributed by atoms with Gasteiger partial charge in [-0.05, 0) is 56.8 Å². The molecule has 1 aliphatic rings. The number of rotatable bonds is 6. The molecule has 0 spiro atoms. The van der Waals surface area contributed by atoms with Crippen molar-refractivity contribution >= 4 is 18.1 Å². The molecule has 1 aromatic carbocycles. The van der Waals surface area contributed by atoms with Gasteiger partial charge in [0.15, 0.2) is 5.75 Å². The summed E-state index contributed by atoms with van der Waals surface area (Å²) in [5, 5.41) is 11.0. The second-order valence-electron chi connectivity index (χ2n) is 5.95. The monoisotopic (exact) mass is 328 g/mol. The van der Waals surface area contributed by atoms with Gasteiger partial charge in [-0.25, -0.2) is 0 Å². The number of ether oxygens (including phenoxy) is 1. The molecule has 0 atom stereocenters. The SMILES string of the molecule is Cc1ccc([N+](=O)[O-])c(OCCCN2CCC(C)CC2)c1.Cl. The summed E-state index contributed by atoms with van der Waals surface area (Å²) < 4.78 is 5.62. The lowest BCUT2D eigenvalue weighted by Gasteiger charge is -2.30. The Morgan fingerprint density at radius 2 is 2.05 bits per heavy atom. The standard InChI is InChI=1S/C16H24N2O3.ClH/c1-13-6-9-17(10-7-13)8-3-11-21-16-12-14(2)4-5-15(16)18(19)20;/h4-5,12-13H,3,6-11H2,1-2H3;1H. The van der Waals surface area contributed by atoms with E-state index in [1.165, 1.54) is 18.9 Å². The van der Waals surface area contributed by atoms with E-state index >= 15 is 0 Å². The van der Waals surface area contributed by atoms with Gasteiger partial charge in [0.2, 0.25) is 0 Å². The fourth-order valence-corrected chi connectivity index (χ4v) is 2.64. The quantitative estimate of drug-likeness (QED) is 0.452. The van der Waals surface area contributed by atoms with E-state index in [2.05, 4.69) is 11.8 Å². The lowest BCUT2D eigenvalue weighted by Crippen LogP contribution is -2.34. The Hall–Kier alpha value is -1.33. The number of halogens is 1. The molecule has 22 heavy (non-hydrogen) atoms. The summed E-state index contributed by atoms with van der Waals surface area (Å²) in [6.45, 7) is 8.06. The number of benzene rings is 1. The first-order valence-corrected chi connectivity index (χ1v) is 7.66. The summed E-state index contributed by atoms with van der Waals surface area (Å²) in [6, 6.07) is 4.98. The Bertz CT molecular complexity index is 488. The van der Waals surface area contributed by atoms with Crippen LogP contribution in [0.1, 0.15) is 31.7 Å². The van der Waals surface area contributed by atoms with Crippen LogP contribution in [0.15, 0.2) is 18.2 Å². The summed E-state index contributed by atoms with van der Waals surface area (Å²) in [7, 11) is 0. The van der Waals surface area contributed by atoms with Crippen LogP contribution in [-0.2, 0) is 0 Å². The predicted octanol–water partition coefficient (Wildman–Crippen LogP) is 3.83. The van der Waals surface area contributed by atoms with Gasteiger partial charge in [0, 0.05) is 12.6 Å². The number of hydrogen-bond acceptors (Lipinski definition) is 4. The van der Waals surface area contributed by atoms with E-state index in [0.717, 1.165) is 37.5 Å². The molecule has 2 rings (SSSR count). The minimum atomic E-state index is -0.388. The molecule has 1 saturated heterocycles. The normalized spacial score (nSPS) is 16.1. The second kappa shape index (κ2) is 8.96. The number of likely N-dealkylation sites (tertiary alicyclic amines) is 1. The summed E-state index contributed by atoms with van der Waals surface area (Å²) in [6.07, 6.45) is 3.44. The average molecular weight is 329 g/mol. The fraction of sp³-hybridized carbons (Fsp3) is 0.625. The molecule has 5 nitrogen and oxygen atoms in total. The highest BCUT2D eigenvalue weighted by Gasteiger charge is 2.16. The van der Waals surface area contributed by atoms with Gasteiger partial charge in [-0.2, -0.15) is 0 Å². The minimum absolute atomic E-state index is 0. The third-order valence-electron chi connectivity index (χ3n) is 4.06. The van der Waals surface area contributed by atoms with Crippen LogP contribution in [0.5, 0.6) is 5.75 Å². The van der Waals surface area contributed by atoms with E-state index in [1.54, 1.807) is 12.1 Å². The largest absolute Gasteiger partial charge is 0.487 e. The van der Waals surface area contributed by atoms with Crippen LogP contribution in [0.3, 0.4) is 0 Å². The molecule has 1 fully saturated rings. The molecule has 0 aromatic heterocycles. The summed E-state index contributed by atoms with van der Waals surface area (Å²) in [5.41, 5.74) is 1.02. The molecule has 0 aliphatic carbocycles. The van der Waals surface area contributed by atoms with Crippen LogP contribution < -0.4 is 4.74 Å². The fourth-order valence-electron chi connectivity index (χ4n) is 2.64. The molecule has 1 aliphatic heterocycles. The van der Waals surface area contributed by atoms with E-state index in [-0.39, 0.29) is 23.0 Å². The van der Waals surface area contributed by atoms with Crippen molar-refractivity contribution in [3.05, 3.63) is 33.9 Å². The zero-order valence-electron chi connectivity index (χ0n) is 13.3. The molecule has 0 N–H and O–H groups in total. The zero-order valence-corrected chi connectivity index (χ0v) is 14.1. The highest BCUT2D eigenvalue weighted by Crippen LogP contribution is 2.27. The first-order chi connectivity index (χ1) is 10.1. The van der Waals surface area contributed by atoms with Crippen molar-refractivity contribution in [2.75, 3.05) is 26.2 Å². The summed E-state index contributed by atoms with van der Waals surface area (Å²) >= 11 is 0. The smallest absolute Gasteiger partial charge is 0.310 e. The van der Waals surface area contributed by atoms with Crippen molar-refractivity contribution in [3.63, 3.8) is 0 Å². The Morgan fingerprint density at radius 1 is 1.36 bits per heavy atom. The van der Waals surface area contributed by atoms with Crippen molar-refractivity contribution in [2.45, 2.75) is 33.1 Å². The molecular formula is C16H25ClN2O3. The molecule has 1 heterocycles. The number of piperidine rings is 1. The van der Waals surface area contributed by atoms with E-state index in [1.807, 2.05) is 6.92 Å². The number of aryl methyl sites for hydroxylation is 1. The maximum absolute atomic E-state index is 11.0.